The number of carbonyl (C=O) groups excluding carboxylic acids is 2. The van der Waals surface area contributed by atoms with E-state index >= 15 is 0 Å². The van der Waals surface area contributed by atoms with Gasteiger partial charge in [-0.15, -0.1) is 0 Å². The fourth-order valence-corrected chi connectivity index (χ4v) is 3.08. The summed E-state index contributed by atoms with van der Waals surface area (Å²) in [5, 5.41) is 9.64. The molecule has 24 heavy (non-hydrogen) atoms. The number of pyridine rings is 1. The smallest absolute Gasteiger partial charge is 0.255 e. The zero-order valence-corrected chi connectivity index (χ0v) is 14.1. The summed E-state index contributed by atoms with van der Waals surface area (Å²) in [6, 6.07) is 3.65. The summed E-state index contributed by atoms with van der Waals surface area (Å²) in [5.74, 6) is 0.282. The molecule has 2 aromatic rings. The topological polar surface area (TPSA) is 83.6 Å². The number of methoxy groups -OCH3 is 1. The van der Waals surface area contributed by atoms with E-state index < -0.39 is 0 Å². The number of carbonyl (C=O) groups is 2. The van der Waals surface area contributed by atoms with E-state index in [2.05, 4.69) is 15.6 Å². The number of nitrogens with one attached hydrogen (secondary N) is 2. The molecule has 3 heterocycles. The summed E-state index contributed by atoms with van der Waals surface area (Å²) < 4.78 is 5.11. The second-order valence-electron chi connectivity index (χ2n) is 5.37. The van der Waals surface area contributed by atoms with E-state index in [4.69, 9.17) is 4.74 Å². The molecule has 2 aromatic heterocycles. The third kappa shape index (κ3) is 3.72. The Morgan fingerprint density at radius 1 is 1.50 bits per heavy atom. The van der Waals surface area contributed by atoms with Crippen molar-refractivity contribution in [2.45, 2.75) is 6.54 Å². The lowest BCUT2D eigenvalue weighted by atomic mass is 10.2. The molecule has 3 rings (SSSR count). The highest BCUT2D eigenvalue weighted by molar-refractivity contribution is 7.07. The highest BCUT2D eigenvalue weighted by Crippen LogP contribution is 2.24. The highest BCUT2D eigenvalue weighted by atomic mass is 32.1. The van der Waals surface area contributed by atoms with Crippen molar-refractivity contribution in [3.05, 3.63) is 40.2 Å². The van der Waals surface area contributed by atoms with Crippen LogP contribution >= 0.6 is 11.3 Å². The third-order valence-corrected chi connectivity index (χ3v) is 4.36. The van der Waals surface area contributed by atoms with Crippen molar-refractivity contribution in [1.29, 1.82) is 0 Å². The molecule has 1 aliphatic heterocycles. The van der Waals surface area contributed by atoms with E-state index in [0.29, 0.717) is 36.8 Å². The molecule has 1 aliphatic rings. The number of hydrogen-bond donors (Lipinski definition) is 2. The van der Waals surface area contributed by atoms with E-state index in [1.807, 2.05) is 16.8 Å². The lowest BCUT2D eigenvalue weighted by Crippen LogP contribution is -2.34. The van der Waals surface area contributed by atoms with Gasteiger partial charge in [0.25, 0.3) is 5.91 Å². The molecule has 0 radical (unpaired) electrons. The van der Waals surface area contributed by atoms with Crippen molar-refractivity contribution >= 4 is 34.7 Å². The van der Waals surface area contributed by atoms with Gasteiger partial charge >= 0.3 is 0 Å². The standard InChI is InChI=1S/C16H18N4O3S/c1-23-4-3-20(9-11-2-5-24-10-11)16(22)12-6-13-15(17-7-12)18-8-14(21)19-13/h2,5-7,10H,3-4,8-9H2,1H3,(H,17,18)(H,19,21). The van der Waals surface area contributed by atoms with Gasteiger partial charge in [-0.2, -0.15) is 11.3 Å². The Bertz CT molecular complexity index is 733. The Morgan fingerprint density at radius 3 is 3.12 bits per heavy atom. The molecule has 2 amide bonds. The largest absolute Gasteiger partial charge is 0.383 e. The first-order valence-electron chi connectivity index (χ1n) is 7.50. The fourth-order valence-electron chi connectivity index (χ4n) is 2.42. The van der Waals surface area contributed by atoms with Crippen LogP contribution in [0.2, 0.25) is 0 Å². The summed E-state index contributed by atoms with van der Waals surface area (Å²) in [4.78, 5) is 30.3. The first-order chi connectivity index (χ1) is 11.7. The average Bonchev–Trinajstić information content (AvgIpc) is 3.10. The van der Waals surface area contributed by atoms with E-state index in [9.17, 15) is 9.59 Å². The van der Waals surface area contributed by atoms with Gasteiger partial charge in [-0.25, -0.2) is 4.98 Å². The molecule has 0 bridgehead atoms. The van der Waals surface area contributed by atoms with Crippen molar-refractivity contribution in [2.75, 3.05) is 37.4 Å². The normalized spacial score (nSPS) is 13.0. The summed E-state index contributed by atoms with van der Waals surface area (Å²) >= 11 is 1.59. The van der Waals surface area contributed by atoms with Crippen LogP contribution in [-0.4, -0.2) is 48.5 Å². The minimum atomic E-state index is -0.150. The summed E-state index contributed by atoms with van der Waals surface area (Å²) in [6.45, 7) is 1.62. The zero-order valence-electron chi connectivity index (χ0n) is 13.2. The summed E-state index contributed by atoms with van der Waals surface area (Å²) in [5.41, 5.74) is 2.04. The van der Waals surface area contributed by atoms with Crippen LogP contribution in [-0.2, 0) is 16.1 Å². The number of amides is 2. The molecular weight excluding hydrogens is 328 g/mol. The number of rotatable bonds is 6. The van der Waals surface area contributed by atoms with E-state index in [0.717, 1.165) is 5.56 Å². The molecule has 0 saturated carbocycles. The van der Waals surface area contributed by atoms with Crippen LogP contribution in [0, 0.1) is 0 Å². The predicted molar refractivity (Wildman–Crippen MR) is 92.3 cm³/mol. The molecule has 0 spiro atoms. The van der Waals surface area contributed by atoms with Gasteiger partial charge in [0.1, 0.15) is 5.82 Å². The monoisotopic (exact) mass is 346 g/mol. The Balaban J connectivity index is 1.81. The Labute approximate surface area is 143 Å². The maximum absolute atomic E-state index is 12.8. The average molecular weight is 346 g/mol. The molecule has 0 aromatic carbocycles. The van der Waals surface area contributed by atoms with Crippen molar-refractivity contribution in [3.8, 4) is 0 Å². The van der Waals surface area contributed by atoms with E-state index in [1.54, 1.807) is 29.4 Å². The number of anilines is 2. The van der Waals surface area contributed by atoms with Crippen LogP contribution in [0.3, 0.4) is 0 Å². The maximum atomic E-state index is 12.8. The Morgan fingerprint density at radius 2 is 2.38 bits per heavy atom. The Kier molecular flexibility index (Phi) is 5.07. The van der Waals surface area contributed by atoms with Crippen LogP contribution in [0.25, 0.3) is 0 Å². The number of thiophene rings is 1. The van der Waals surface area contributed by atoms with E-state index in [1.165, 1.54) is 6.20 Å². The molecule has 0 unspecified atom stereocenters. The molecule has 8 heteroatoms. The molecule has 0 atom stereocenters. The first-order valence-corrected chi connectivity index (χ1v) is 8.44. The summed E-state index contributed by atoms with van der Waals surface area (Å²) in [7, 11) is 1.61. The van der Waals surface area contributed by atoms with Gasteiger partial charge in [-0.3, -0.25) is 9.59 Å². The number of hydrogen-bond acceptors (Lipinski definition) is 6. The minimum absolute atomic E-state index is 0.145. The van der Waals surface area contributed by atoms with Gasteiger partial charge in [0.2, 0.25) is 5.91 Å². The lowest BCUT2D eigenvalue weighted by Gasteiger charge is -2.23. The minimum Gasteiger partial charge on any atom is -0.383 e. The second kappa shape index (κ2) is 7.41. The molecular formula is C16H18N4O3S. The van der Waals surface area contributed by atoms with Crippen LogP contribution < -0.4 is 10.6 Å². The number of fused-ring (bicyclic) bond motifs is 1. The highest BCUT2D eigenvalue weighted by Gasteiger charge is 2.21. The lowest BCUT2D eigenvalue weighted by molar-refractivity contribution is -0.114. The van der Waals surface area contributed by atoms with Gasteiger partial charge in [0.05, 0.1) is 24.4 Å². The third-order valence-electron chi connectivity index (χ3n) is 3.63. The molecule has 126 valence electrons. The van der Waals surface area contributed by atoms with Crippen molar-refractivity contribution in [2.24, 2.45) is 0 Å². The quantitative estimate of drug-likeness (QED) is 0.833. The molecule has 2 N–H and O–H groups in total. The second-order valence-corrected chi connectivity index (χ2v) is 6.15. The first kappa shape index (κ1) is 16.4. The molecule has 7 nitrogen and oxygen atoms in total. The van der Waals surface area contributed by atoms with Gasteiger partial charge in [-0.05, 0) is 28.5 Å². The van der Waals surface area contributed by atoms with Crippen LogP contribution in [0.1, 0.15) is 15.9 Å². The fraction of sp³-hybridized carbons (Fsp3) is 0.312. The zero-order chi connectivity index (χ0) is 16.9. The van der Waals surface area contributed by atoms with Crippen LogP contribution in [0.4, 0.5) is 11.5 Å². The van der Waals surface area contributed by atoms with E-state index in [-0.39, 0.29) is 18.4 Å². The number of nitrogens with zero attached hydrogens (tertiary/aromatic N) is 2. The number of ether oxygens (including phenoxy) is 1. The SMILES string of the molecule is COCCN(Cc1ccsc1)C(=O)c1cnc2c(c1)NC(=O)CN2. The molecule has 0 aliphatic carbocycles. The predicted octanol–water partition coefficient (Wildman–Crippen LogP) is 1.80. The Hall–Kier alpha value is -2.45. The maximum Gasteiger partial charge on any atom is 0.255 e. The van der Waals surface area contributed by atoms with Gasteiger partial charge < -0.3 is 20.3 Å². The number of aromatic nitrogens is 1. The van der Waals surface area contributed by atoms with Crippen molar-refractivity contribution in [1.82, 2.24) is 9.88 Å². The van der Waals surface area contributed by atoms with Crippen LogP contribution in [0.15, 0.2) is 29.1 Å². The molecule has 0 saturated heterocycles. The van der Waals surface area contributed by atoms with Crippen molar-refractivity contribution < 1.29 is 14.3 Å². The van der Waals surface area contributed by atoms with Gasteiger partial charge in [0, 0.05) is 26.4 Å². The van der Waals surface area contributed by atoms with Crippen LogP contribution in [0.5, 0.6) is 0 Å². The van der Waals surface area contributed by atoms with Gasteiger partial charge in [-0.1, -0.05) is 0 Å². The summed E-state index contributed by atoms with van der Waals surface area (Å²) in [6.07, 6.45) is 1.53. The van der Waals surface area contributed by atoms with Crippen molar-refractivity contribution in [3.63, 3.8) is 0 Å². The van der Waals surface area contributed by atoms with Gasteiger partial charge in [0.15, 0.2) is 0 Å². The molecule has 0 fully saturated rings.